The molecule has 9 heteroatoms. The molecule has 0 bridgehead atoms. The maximum absolute atomic E-state index is 14.8. The number of anilines is 2. The third kappa shape index (κ3) is 4.58. The third-order valence-electron chi connectivity index (χ3n) is 6.00. The molecule has 2 N–H and O–H groups in total. The number of carbonyl (C=O) groups is 1. The second-order valence-electron chi connectivity index (χ2n) is 8.28. The number of benzene rings is 2. The molecule has 1 fully saturated rings. The second-order valence-corrected chi connectivity index (χ2v) is 8.67. The number of carbonyl (C=O) groups excluding carboxylic acids is 1. The summed E-state index contributed by atoms with van der Waals surface area (Å²) in [5, 5.41) is 6.73. The molecule has 2 aromatic carbocycles. The highest BCUT2D eigenvalue weighted by molar-refractivity contribution is 7.80. The summed E-state index contributed by atoms with van der Waals surface area (Å²) >= 11 is 5.79. The van der Waals surface area contributed by atoms with Gasteiger partial charge in [-0.1, -0.05) is 18.2 Å². The van der Waals surface area contributed by atoms with Gasteiger partial charge in [-0.15, -0.1) is 0 Å². The van der Waals surface area contributed by atoms with Crippen LogP contribution in [0.4, 0.5) is 15.8 Å². The Balaban J connectivity index is 1.57. The van der Waals surface area contributed by atoms with E-state index in [1.54, 1.807) is 18.3 Å². The Morgan fingerprint density at radius 1 is 1.08 bits per heavy atom. The van der Waals surface area contributed by atoms with E-state index in [0.717, 1.165) is 17.1 Å². The van der Waals surface area contributed by atoms with E-state index in [-0.39, 0.29) is 30.4 Å². The molecule has 2 atom stereocenters. The van der Waals surface area contributed by atoms with Crippen LogP contribution in [0.1, 0.15) is 23.5 Å². The Labute approximate surface area is 213 Å². The van der Waals surface area contributed by atoms with Crippen LogP contribution in [0.3, 0.4) is 0 Å². The molecule has 0 aliphatic carbocycles. The van der Waals surface area contributed by atoms with Gasteiger partial charge in [0, 0.05) is 36.6 Å². The second kappa shape index (κ2) is 10.3. The molecule has 3 heterocycles. The van der Waals surface area contributed by atoms with Crippen molar-refractivity contribution in [3.05, 3.63) is 108 Å². The number of nitrogens with zero attached hydrogens (tertiary/aromatic N) is 3. The summed E-state index contributed by atoms with van der Waals surface area (Å²) in [7, 11) is 1.47. The van der Waals surface area contributed by atoms with Crippen LogP contribution in [0.15, 0.2) is 91.3 Å². The molecule has 2 aromatic heterocycles. The first-order valence-electron chi connectivity index (χ1n) is 11.4. The highest BCUT2D eigenvalue weighted by atomic mass is 32.1. The Kier molecular flexibility index (Phi) is 6.75. The predicted molar refractivity (Wildman–Crippen MR) is 141 cm³/mol. The highest BCUT2D eigenvalue weighted by Gasteiger charge is 2.42. The van der Waals surface area contributed by atoms with Crippen LogP contribution in [0.25, 0.3) is 5.69 Å². The minimum absolute atomic E-state index is 0.0251. The van der Waals surface area contributed by atoms with E-state index in [9.17, 15) is 9.18 Å². The number of amides is 1. The fourth-order valence-corrected chi connectivity index (χ4v) is 4.81. The first-order valence-corrected chi connectivity index (χ1v) is 11.8. The van der Waals surface area contributed by atoms with E-state index in [4.69, 9.17) is 17.0 Å². The third-order valence-corrected chi connectivity index (χ3v) is 6.31. The molecule has 7 nitrogen and oxygen atoms in total. The van der Waals surface area contributed by atoms with Gasteiger partial charge in [-0.2, -0.15) is 0 Å². The van der Waals surface area contributed by atoms with E-state index < -0.39 is 0 Å². The maximum atomic E-state index is 14.8. The quantitative estimate of drug-likeness (QED) is 0.356. The van der Waals surface area contributed by atoms with Crippen molar-refractivity contribution in [1.29, 1.82) is 0 Å². The summed E-state index contributed by atoms with van der Waals surface area (Å²) in [6.07, 6.45) is 3.59. The number of nitrogens with one attached hydrogen (secondary N) is 2. The minimum Gasteiger partial charge on any atom is -0.375 e. The zero-order valence-electron chi connectivity index (χ0n) is 19.5. The number of hydrogen-bond acceptors (Lipinski definition) is 4. The van der Waals surface area contributed by atoms with Crippen LogP contribution in [-0.4, -0.2) is 34.3 Å². The number of thiocarbonyl (C=S) groups is 1. The van der Waals surface area contributed by atoms with Gasteiger partial charge in [0.2, 0.25) is 5.91 Å². The van der Waals surface area contributed by atoms with Gasteiger partial charge in [-0.05, 0) is 72.9 Å². The van der Waals surface area contributed by atoms with E-state index in [0.29, 0.717) is 16.5 Å². The zero-order valence-corrected chi connectivity index (χ0v) is 20.3. The van der Waals surface area contributed by atoms with Crippen molar-refractivity contribution in [2.24, 2.45) is 0 Å². The molecule has 1 amide bonds. The summed E-state index contributed by atoms with van der Waals surface area (Å²) in [5.41, 5.74) is 3.58. The molecule has 36 heavy (non-hydrogen) atoms. The van der Waals surface area contributed by atoms with E-state index >= 15 is 0 Å². The average Bonchev–Trinajstić information content (AvgIpc) is 3.50. The lowest BCUT2D eigenvalue weighted by molar-refractivity contribution is -0.119. The molecular weight excluding hydrogens is 477 g/mol. The molecule has 1 saturated heterocycles. The van der Waals surface area contributed by atoms with Crippen molar-refractivity contribution in [2.45, 2.75) is 12.1 Å². The zero-order chi connectivity index (χ0) is 25.1. The number of halogens is 1. The largest absolute Gasteiger partial charge is 0.375 e. The fourth-order valence-electron chi connectivity index (χ4n) is 4.47. The summed E-state index contributed by atoms with van der Waals surface area (Å²) in [6, 6.07) is 23.1. The molecule has 1 aliphatic rings. The molecular formula is C27H24FN5O2S. The number of rotatable bonds is 7. The van der Waals surface area contributed by atoms with Crippen molar-refractivity contribution in [1.82, 2.24) is 14.9 Å². The van der Waals surface area contributed by atoms with E-state index in [1.807, 2.05) is 76.3 Å². The maximum Gasteiger partial charge on any atom is 0.250 e. The fraction of sp³-hybridized carbons (Fsp3) is 0.148. The predicted octanol–water partition coefficient (Wildman–Crippen LogP) is 4.77. The van der Waals surface area contributed by atoms with Gasteiger partial charge in [0.05, 0.1) is 17.4 Å². The number of hydrogen-bond donors (Lipinski definition) is 2. The molecule has 4 aromatic rings. The molecule has 0 unspecified atom stereocenters. The van der Waals surface area contributed by atoms with Gasteiger partial charge in [0.15, 0.2) is 5.11 Å². The van der Waals surface area contributed by atoms with Gasteiger partial charge in [-0.3, -0.25) is 9.78 Å². The minimum atomic E-state index is -0.323. The van der Waals surface area contributed by atoms with Gasteiger partial charge >= 0.3 is 0 Å². The van der Waals surface area contributed by atoms with E-state index in [1.165, 1.54) is 13.2 Å². The Morgan fingerprint density at radius 2 is 1.86 bits per heavy atom. The van der Waals surface area contributed by atoms with Crippen molar-refractivity contribution in [2.75, 3.05) is 23.9 Å². The van der Waals surface area contributed by atoms with Crippen LogP contribution in [0, 0.1) is 5.82 Å². The highest BCUT2D eigenvalue weighted by Crippen LogP contribution is 2.42. The van der Waals surface area contributed by atoms with Crippen molar-refractivity contribution in [3.8, 4) is 5.69 Å². The van der Waals surface area contributed by atoms with Gasteiger partial charge in [0.1, 0.15) is 18.5 Å². The summed E-state index contributed by atoms with van der Waals surface area (Å²) in [5.74, 6) is -0.556. The molecule has 5 rings (SSSR count). The number of aromatic nitrogens is 2. The summed E-state index contributed by atoms with van der Waals surface area (Å²) < 4.78 is 21.5. The smallest absolute Gasteiger partial charge is 0.250 e. The summed E-state index contributed by atoms with van der Waals surface area (Å²) in [6.45, 7) is -0.0251. The van der Waals surface area contributed by atoms with Crippen LogP contribution in [0.2, 0.25) is 0 Å². The molecule has 0 spiro atoms. The average molecular weight is 502 g/mol. The SMILES string of the molecule is COCC(=O)Nc1ccc(N2C(=S)N[C@@H](c3ccccn3)[C@@H]2c2cccn2-c2ccccc2F)cc1. The van der Waals surface area contributed by atoms with Crippen LogP contribution >= 0.6 is 12.2 Å². The normalized spacial score (nSPS) is 17.2. The monoisotopic (exact) mass is 501 g/mol. The molecule has 1 aliphatic heterocycles. The Bertz CT molecular complexity index is 1380. The lowest BCUT2D eigenvalue weighted by atomic mass is 10.0. The van der Waals surface area contributed by atoms with Gasteiger partial charge in [0.25, 0.3) is 0 Å². The standard InChI is InChI=1S/C27H24FN5O2S/c1-35-17-24(34)30-18-11-13-19(14-12-18)33-26(25(31-27(33)36)21-8-4-5-15-29-21)23-10-6-16-32(23)22-9-3-2-7-20(22)28/h2-16,25-26H,17H2,1H3,(H,30,34)(H,31,36)/t25-,26-/m0/s1. The van der Waals surface area contributed by atoms with Crippen molar-refractivity contribution in [3.63, 3.8) is 0 Å². The topological polar surface area (TPSA) is 71.4 Å². The lowest BCUT2D eigenvalue weighted by Crippen LogP contribution is -2.30. The van der Waals surface area contributed by atoms with Crippen molar-refractivity contribution >= 4 is 34.6 Å². The van der Waals surface area contributed by atoms with Crippen LogP contribution < -0.4 is 15.5 Å². The van der Waals surface area contributed by atoms with Gasteiger partial charge in [-0.25, -0.2) is 4.39 Å². The Morgan fingerprint density at radius 3 is 2.58 bits per heavy atom. The summed E-state index contributed by atoms with van der Waals surface area (Å²) in [4.78, 5) is 18.5. The van der Waals surface area contributed by atoms with Gasteiger partial charge < -0.3 is 24.8 Å². The molecule has 0 saturated carbocycles. The number of ether oxygens (including phenoxy) is 1. The Hall–Kier alpha value is -4.08. The number of para-hydroxylation sites is 1. The van der Waals surface area contributed by atoms with Crippen molar-refractivity contribution < 1.29 is 13.9 Å². The molecule has 0 radical (unpaired) electrons. The first kappa shape index (κ1) is 23.7. The number of methoxy groups -OCH3 is 1. The van der Waals surface area contributed by atoms with E-state index in [2.05, 4.69) is 15.6 Å². The molecule has 182 valence electrons. The van der Waals surface area contributed by atoms with Crippen LogP contribution in [0.5, 0.6) is 0 Å². The lowest BCUT2D eigenvalue weighted by Gasteiger charge is -2.29. The first-order chi connectivity index (χ1) is 17.6. The van der Waals surface area contributed by atoms with Crippen LogP contribution in [-0.2, 0) is 9.53 Å². The number of pyridine rings is 1.